The second-order valence-corrected chi connectivity index (χ2v) is 7.21. The average Bonchev–Trinajstić information content (AvgIpc) is 2.68. The fraction of sp³-hybridized carbons (Fsp3) is 0.600. The topological polar surface area (TPSA) is 67.6 Å². The van der Waals surface area contributed by atoms with Crippen LogP contribution in [0.2, 0.25) is 0 Å². The third-order valence-electron chi connectivity index (χ3n) is 5.49. The summed E-state index contributed by atoms with van der Waals surface area (Å²) in [5.74, 6) is 0.580. The molecule has 1 heterocycles. The molecule has 1 unspecified atom stereocenters. The first-order chi connectivity index (χ1) is 12.2. The van der Waals surface area contributed by atoms with E-state index < -0.39 is 6.10 Å². The molecule has 1 aromatic carbocycles. The molecule has 0 bridgehead atoms. The van der Waals surface area contributed by atoms with E-state index in [1.54, 1.807) is 12.1 Å². The zero-order chi connectivity index (χ0) is 17.6. The van der Waals surface area contributed by atoms with Gasteiger partial charge in [0.05, 0.1) is 17.7 Å². The van der Waals surface area contributed by atoms with E-state index in [4.69, 9.17) is 5.26 Å². The van der Waals surface area contributed by atoms with Crippen molar-refractivity contribution in [1.82, 2.24) is 9.80 Å². The summed E-state index contributed by atoms with van der Waals surface area (Å²) < 4.78 is 0. The van der Waals surface area contributed by atoms with E-state index in [1.807, 2.05) is 17.0 Å². The number of aliphatic hydroxyl groups excluding tert-OH is 1. The molecule has 5 nitrogen and oxygen atoms in total. The molecule has 25 heavy (non-hydrogen) atoms. The number of piperazine rings is 1. The fourth-order valence-corrected chi connectivity index (χ4v) is 3.89. The van der Waals surface area contributed by atoms with Crippen LogP contribution in [0.15, 0.2) is 24.3 Å². The van der Waals surface area contributed by atoms with E-state index in [9.17, 15) is 9.90 Å². The van der Waals surface area contributed by atoms with Crippen LogP contribution in [0.25, 0.3) is 0 Å². The van der Waals surface area contributed by atoms with Gasteiger partial charge in [0.2, 0.25) is 5.91 Å². The third kappa shape index (κ3) is 4.59. The molecule has 0 spiro atoms. The molecule has 1 saturated heterocycles. The fourth-order valence-electron chi connectivity index (χ4n) is 3.89. The van der Waals surface area contributed by atoms with Crippen LogP contribution >= 0.6 is 0 Å². The Morgan fingerprint density at radius 2 is 1.76 bits per heavy atom. The minimum Gasteiger partial charge on any atom is -0.387 e. The highest BCUT2D eigenvalue weighted by atomic mass is 16.3. The second kappa shape index (κ2) is 8.46. The Morgan fingerprint density at radius 1 is 1.12 bits per heavy atom. The molecule has 1 aliphatic carbocycles. The Bertz CT molecular complexity index is 609. The van der Waals surface area contributed by atoms with Crippen molar-refractivity contribution in [3.8, 4) is 6.07 Å². The lowest BCUT2D eigenvalue weighted by Gasteiger charge is -2.37. The number of β-amino-alcohol motifs (C(OH)–C–C–N with tert-alkyl or cyclic N) is 1. The van der Waals surface area contributed by atoms with Crippen molar-refractivity contribution in [2.24, 2.45) is 5.92 Å². The highest BCUT2D eigenvalue weighted by Gasteiger charge is 2.28. The number of nitrogens with zero attached hydrogens (tertiary/aromatic N) is 3. The van der Waals surface area contributed by atoms with Crippen molar-refractivity contribution >= 4 is 5.91 Å². The number of rotatable bonds is 4. The largest absolute Gasteiger partial charge is 0.387 e. The summed E-state index contributed by atoms with van der Waals surface area (Å²) in [5.41, 5.74) is 1.44. The van der Waals surface area contributed by atoms with Crippen molar-refractivity contribution in [2.45, 2.75) is 38.2 Å². The number of amides is 1. The molecular weight excluding hydrogens is 314 g/mol. The predicted molar refractivity (Wildman–Crippen MR) is 95.7 cm³/mol. The summed E-state index contributed by atoms with van der Waals surface area (Å²) >= 11 is 0. The summed E-state index contributed by atoms with van der Waals surface area (Å²) in [4.78, 5) is 16.8. The first-order valence-electron chi connectivity index (χ1n) is 9.36. The molecule has 3 rings (SSSR count). The summed E-state index contributed by atoms with van der Waals surface area (Å²) in [6.45, 7) is 3.71. The van der Waals surface area contributed by atoms with Crippen molar-refractivity contribution < 1.29 is 9.90 Å². The zero-order valence-corrected chi connectivity index (χ0v) is 14.7. The SMILES string of the molecule is N#Cc1ccc(C(O)CN2CCN(C(=O)C3CCCCC3)CC2)cc1. The molecule has 1 aromatic rings. The van der Waals surface area contributed by atoms with Crippen molar-refractivity contribution in [3.63, 3.8) is 0 Å². The second-order valence-electron chi connectivity index (χ2n) is 7.21. The van der Waals surface area contributed by atoms with Gasteiger partial charge in [-0.1, -0.05) is 31.4 Å². The molecule has 1 atom stereocenters. The third-order valence-corrected chi connectivity index (χ3v) is 5.49. The maximum Gasteiger partial charge on any atom is 0.225 e. The number of aliphatic hydroxyl groups is 1. The van der Waals surface area contributed by atoms with Crippen molar-refractivity contribution in [3.05, 3.63) is 35.4 Å². The summed E-state index contributed by atoms with van der Waals surface area (Å²) in [5, 5.41) is 19.2. The van der Waals surface area contributed by atoms with Gasteiger partial charge in [0.25, 0.3) is 0 Å². The van der Waals surface area contributed by atoms with E-state index in [-0.39, 0.29) is 5.92 Å². The minimum atomic E-state index is -0.562. The molecule has 2 fully saturated rings. The van der Waals surface area contributed by atoms with Gasteiger partial charge in [0.15, 0.2) is 0 Å². The number of carbonyl (C=O) groups excluding carboxylic acids is 1. The molecule has 134 valence electrons. The molecule has 0 aromatic heterocycles. The van der Waals surface area contributed by atoms with E-state index in [0.717, 1.165) is 44.6 Å². The van der Waals surface area contributed by atoms with Gasteiger partial charge in [0.1, 0.15) is 0 Å². The van der Waals surface area contributed by atoms with Gasteiger partial charge in [0, 0.05) is 38.6 Å². The van der Waals surface area contributed by atoms with Crippen molar-refractivity contribution in [1.29, 1.82) is 5.26 Å². The first-order valence-corrected chi connectivity index (χ1v) is 9.36. The minimum absolute atomic E-state index is 0.240. The number of benzene rings is 1. The van der Waals surface area contributed by atoms with Gasteiger partial charge in [-0.05, 0) is 30.5 Å². The smallest absolute Gasteiger partial charge is 0.225 e. The zero-order valence-electron chi connectivity index (χ0n) is 14.7. The number of hydrogen-bond donors (Lipinski definition) is 1. The Kier molecular flexibility index (Phi) is 6.06. The Balaban J connectivity index is 1.46. The van der Waals surface area contributed by atoms with Gasteiger partial charge < -0.3 is 10.0 Å². The summed E-state index contributed by atoms with van der Waals surface area (Å²) in [6.07, 6.45) is 5.19. The van der Waals surface area contributed by atoms with Gasteiger partial charge in [-0.2, -0.15) is 5.26 Å². The normalized spacial score (nSPS) is 20.9. The van der Waals surface area contributed by atoms with Gasteiger partial charge >= 0.3 is 0 Å². The van der Waals surface area contributed by atoms with Crippen LogP contribution in [0.1, 0.15) is 49.3 Å². The van der Waals surface area contributed by atoms with E-state index >= 15 is 0 Å². The molecule has 1 amide bonds. The van der Waals surface area contributed by atoms with Crippen LogP contribution in [-0.4, -0.2) is 53.5 Å². The van der Waals surface area contributed by atoms with E-state index in [2.05, 4.69) is 11.0 Å². The quantitative estimate of drug-likeness (QED) is 0.912. The Hall–Kier alpha value is -1.90. The highest BCUT2D eigenvalue weighted by molar-refractivity contribution is 5.79. The maximum atomic E-state index is 12.6. The summed E-state index contributed by atoms with van der Waals surface area (Å²) in [7, 11) is 0. The maximum absolute atomic E-state index is 12.6. The van der Waals surface area contributed by atoms with Crippen LogP contribution in [0, 0.1) is 17.2 Å². The lowest BCUT2D eigenvalue weighted by atomic mass is 9.88. The molecule has 1 aliphatic heterocycles. The monoisotopic (exact) mass is 341 g/mol. The first kappa shape index (κ1) is 17.9. The Morgan fingerprint density at radius 3 is 2.36 bits per heavy atom. The predicted octanol–water partition coefficient (Wildman–Crippen LogP) is 2.32. The van der Waals surface area contributed by atoms with Crippen LogP contribution in [-0.2, 0) is 4.79 Å². The summed E-state index contributed by atoms with van der Waals surface area (Å²) in [6, 6.07) is 9.18. The lowest BCUT2D eigenvalue weighted by molar-refractivity contribution is -0.138. The Labute approximate surface area is 149 Å². The molecule has 5 heteroatoms. The highest BCUT2D eigenvalue weighted by Crippen LogP contribution is 2.26. The average molecular weight is 341 g/mol. The van der Waals surface area contributed by atoms with Crippen LogP contribution in [0.5, 0.6) is 0 Å². The van der Waals surface area contributed by atoms with Crippen LogP contribution < -0.4 is 0 Å². The van der Waals surface area contributed by atoms with Crippen molar-refractivity contribution in [2.75, 3.05) is 32.7 Å². The molecule has 1 saturated carbocycles. The van der Waals surface area contributed by atoms with Crippen LogP contribution in [0.3, 0.4) is 0 Å². The van der Waals surface area contributed by atoms with Gasteiger partial charge in [-0.15, -0.1) is 0 Å². The standard InChI is InChI=1S/C20H27N3O2/c21-14-16-6-8-17(9-7-16)19(24)15-22-10-12-23(13-11-22)20(25)18-4-2-1-3-5-18/h6-9,18-19,24H,1-5,10-13,15H2. The van der Waals surface area contributed by atoms with Crippen LogP contribution in [0.4, 0.5) is 0 Å². The van der Waals surface area contributed by atoms with Gasteiger partial charge in [-0.3, -0.25) is 9.69 Å². The number of carbonyl (C=O) groups is 1. The molecule has 2 aliphatic rings. The van der Waals surface area contributed by atoms with E-state index in [0.29, 0.717) is 18.0 Å². The molecule has 0 radical (unpaired) electrons. The van der Waals surface area contributed by atoms with Gasteiger partial charge in [-0.25, -0.2) is 0 Å². The van der Waals surface area contributed by atoms with E-state index in [1.165, 1.54) is 19.3 Å². The lowest BCUT2D eigenvalue weighted by Crippen LogP contribution is -2.51. The number of hydrogen-bond acceptors (Lipinski definition) is 4. The molecular formula is C20H27N3O2. The number of nitriles is 1. The molecule has 1 N–H and O–H groups in total.